The number of carbonyl (C=O) groups excluding carboxylic acids is 1. The lowest BCUT2D eigenvalue weighted by Gasteiger charge is -2.57. The molecule has 0 aromatic heterocycles. The maximum absolute atomic E-state index is 13.2. The van der Waals surface area contributed by atoms with Gasteiger partial charge in [0.2, 0.25) is 0 Å². The number of nitrogens with zero attached hydrogens (tertiary/aromatic N) is 2. The molecule has 0 aliphatic heterocycles. The van der Waals surface area contributed by atoms with E-state index in [4.69, 9.17) is 21.4 Å². The summed E-state index contributed by atoms with van der Waals surface area (Å²) in [7, 11) is 5.30. The van der Waals surface area contributed by atoms with Crippen LogP contribution in [-0.2, 0) is 4.74 Å². The van der Waals surface area contributed by atoms with Gasteiger partial charge in [0.25, 0.3) is 0 Å². The standard InChI is InChI=1S/C29H45ClN4O4/c1-31-19-25(18-29-15-20-11-21(16-29)13-22(12-20)17-29)32-27(35)33(2)8-7-26(23-5-4-6-24(30)14-23)38-10-9-34(3)28(36)37/h4-6,14,20-22,25-26,31H,7-13,15-19H2,1-3H3,(H,32,35)(H,36,37)/t20?,21?,22?,25-,26+,29?/m0/s1. The quantitative estimate of drug-likeness (QED) is 0.314. The van der Waals surface area contributed by atoms with E-state index in [-0.39, 0.29) is 31.3 Å². The van der Waals surface area contributed by atoms with Gasteiger partial charge in [-0.3, -0.25) is 0 Å². The molecule has 0 radical (unpaired) electrons. The number of likely N-dealkylation sites (N-methyl/N-ethyl adjacent to an activating group) is 2. The number of carboxylic acid groups (broad SMARTS) is 1. The lowest BCUT2D eigenvalue weighted by atomic mass is 9.48. The van der Waals surface area contributed by atoms with Crippen LogP contribution in [-0.4, -0.2) is 80.5 Å². The fourth-order valence-electron chi connectivity index (χ4n) is 7.66. The molecule has 3 amide bonds. The van der Waals surface area contributed by atoms with Gasteiger partial charge in [0.1, 0.15) is 0 Å². The van der Waals surface area contributed by atoms with Gasteiger partial charge in [0.05, 0.1) is 12.7 Å². The molecule has 38 heavy (non-hydrogen) atoms. The second-order valence-corrected chi connectivity index (χ2v) is 12.6. The van der Waals surface area contributed by atoms with Crippen molar-refractivity contribution in [2.75, 3.05) is 47.4 Å². The Hall–Kier alpha value is -2.03. The average molecular weight is 549 g/mol. The summed E-state index contributed by atoms with van der Waals surface area (Å²) in [5.74, 6) is 2.69. The van der Waals surface area contributed by atoms with Crippen LogP contribution in [0.25, 0.3) is 0 Å². The molecule has 9 heteroatoms. The molecule has 4 aliphatic carbocycles. The summed E-state index contributed by atoms with van der Waals surface area (Å²) in [5.41, 5.74) is 1.32. The van der Waals surface area contributed by atoms with Gasteiger partial charge in [-0.2, -0.15) is 0 Å². The highest BCUT2D eigenvalue weighted by atomic mass is 35.5. The Bertz CT molecular complexity index is 925. The highest BCUT2D eigenvalue weighted by molar-refractivity contribution is 6.30. The molecule has 3 N–H and O–H groups in total. The summed E-state index contributed by atoms with van der Waals surface area (Å²) in [6, 6.07) is 7.54. The first-order chi connectivity index (χ1) is 18.2. The lowest BCUT2D eigenvalue weighted by Crippen LogP contribution is -2.53. The molecule has 4 aliphatic rings. The monoisotopic (exact) mass is 548 g/mol. The van der Waals surface area contributed by atoms with Crippen LogP contribution in [0.1, 0.15) is 63.0 Å². The highest BCUT2D eigenvalue weighted by Gasteiger charge is 2.51. The van der Waals surface area contributed by atoms with E-state index in [0.29, 0.717) is 23.4 Å². The molecular weight excluding hydrogens is 504 g/mol. The van der Waals surface area contributed by atoms with Crippen LogP contribution < -0.4 is 10.6 Å². The smallest absolute Gasteiger partial charge is 0.407 e. The molecule has 1 aromatic carbocycles. The molecule has 4 saturated carbocycles. The number of hydrogen-bond donors (Lipinski definition) is 3. The molecule has 4 fully saturated rings. The van der Waals surface area contributed by atoms with Gasteiger partial charge in [0, 0.05) is 44.8 Å². The van der Waals surface area contributed by atoms with Crippen LogP contribution in [0, 0.1) is 23.2 Å². The molecule has 0 saturated heterocycles. The van der Waals surface area contributed by atoms with E-state index in [1.165, 1.54) is 50.5 Å². The number of urea groups is 1. The number of hydrogen-bond acceptors (Lipinski definition) is 4. The van der Waals surface area contributed by atoms with E-state index in [0.717, 1.165) is 36.3 Å². The number of ether oxygens (including phenoxy) is 1. The summed E-state index contributed by atoms with van der Waals surface area (Å²) in [6.07, 6.45) is 8.62. The van der Waals surface area contributed by atoms with E-state index >= 15 is 0 Å². The summed E-state index contributed by atoms with van der Waals surface area (Å²) >= 11 is 6.22. The zero-order valence-corrected chi connectivity index (χ0v) is 23.9. The normalized spacial score (nSPS) is 27.1. The van der Waals surface area contributed by atoms with E-state index in [1.54, 1.807) is 4.90 Å². The second kappa shape index (κ2) is 12.9. The largest absolute Gasteiger partial charge is 0.465 e. The van der Waals surface area contributed by atoms with E-state index in [2.05, 4.69) is 10.6 Å². The van der Waals surface area contributed by atoms with Gasteiger partial charge >= 0.3 is 12.1 Å². The van der Waals surface area contributed by atoms with Crippen molar-refractivity contribution in [3.05, 3.63) is 34.9 Å². The zero-order chi connectivity index (χ0) is 27.3. The first-order valence-corrected chi connectivity index (χ1v) is 14.5. The van der Waals surface area contributed by atoms with Crippen LogP contribution in [0.3, 0.4) is 0 Å². The topological polar surface area (TPSA) is 94.1 Å². The van der Waals surface area contributed by atoms with Crippen LogP contribution in [0.4, 0.5) is 9.59 Å². The summed E-state index contributed by atoms with van der Waals surface area (Å²) in [6.45, 7) is 1.79. The number of carbonyl (C=O) groups is 2. The Morgan fingerprint density at radius 2 is 1.76 bits per heavy atom. The minimum atomic E-state index is -0.992. The fraction of sp³-hybridized carbons (Fsp3) is 0.724. The summed E-state index contributed by atoms with van der Waals surface area (Å²) in [4.78, 5) is 27.3. The Kier molecular flexibility index (Phi) is 9.82. The van der Waals surface area contributed by atoms with Crippen molar-refractivity contribution < 1.29 is 19.4 Å². The molecular formula is C29H45ClN4O4. The molecule has 5 rings (SSSR count). The molecule has 0 unspecified atom stereocenters. The maximum atomic E-state index is 13.2. The van der Waals surface area contributed by atoms with Gasteiger partial charge in [-0.15, -0.1) is 0 Å². The predicted octanol–water partition coefficient (Wildman–Crippen LogP) is 5.23. The number of benzene rings is 1. The molecule has 0 spiro atoms. The van der Waals surface area contributed by atoms with Crippen molar-refractivity contribution in [3.8, 4) is 0 Å². The van der Waals surface area contributed by atoms with E-state index < -0.39 is 6.09 Å². The van der Waals surface area contributed by atoms with Crippen LogP contribution in [0.15, 0.2) is 24.3 Å². The predicted molar refractivity (Wildman–Crippen MR) is 150 cm³/mol. The van der Waals surface area contributed by atoms with Crippen molar-refractivity contribution in [2.45, 2.75) is 63.5 Å². The minimum absolute atomic E-state index is 0.0644. The third-order valence-electron chi connectivity index (χ3n) is 8.99. The van der Waals surface area contributed by atoms with Crippen molar-refractivity contribution in [1.82, 2.24) is 20.4 Å². The summed E-state index contributed by atoms with van der Waals surface area (Å²) in [5, 5.41) is 16.4. The minimum Gasteiger partial charge on any atom is -0.465 e. The van der Waals surface area contributed by atoms with Crippen molar-refractivity contribution in [2.24, 2.45) is 23.2 Å². The first-order valence-electron chi connectivity index (χ1n) is 14.1. The summed E-state index contributed by atoms with van der Waals surface area (Å²) < 4.78 is 6.08. The molecule has 0 heterocycles. The molecule has 1 aromatic rings. The lowest BCUT2D eigenvalue weighted by molar-refractivity contribution is -0.0614. The van der Waals surface area contributed by atoms with Crippen LogP contribution in [0.5, 0.6) is 0 Å². The second-order valence-electron chi connectivity index (χ2n) is 12.2. The first kappa shape index (κ1) is 29.0. The van der Waals surface area contributed by atoms with Crippen molar-refractivity contribution >= 4 is 23.7 Å². The highest BCUT2D eigenvalue weighted by Crippen LogP contribution is 2.61. The Morgan fingerprint density at radius 3 is 2.34 bits per heavy atom. The van der Waals surface area contributed by atoms with E-state index in [9.17, 15) is 9.59 Å². The average Bonchev–Trinajstić information content (AvgIpc) is 2.84. The third-order valence-corrected chi connectivity index (χ3v) is 9.22. The van der Waals surface area contributed by atoms with Crippen LogP contribution >= 0.6 is 11.6 Å². The van der Waals surface area contributed by atoms with Crippen LogP contribution in [0.2, 0.25) is 5.02 Å². The van der Waals surface area contributed by atoms with Crippen molar-refractivity contribution in [3.63, 3.8) is 0 Å². The molecule has 212 valence electrons. The Morgan fingerprint density at radius 1 is 1.11 bits per heavy atom. The van der Waals surface area contributed by atoms with Gasteiger partial charge < -0.3 is 30.3 Å². The number of rotatable bonds is 13. The van der Waals surface area contributed by atoms with Gasteiger partial charge in [-0.05, 0) is 99.3 Å². The molecule has 8 nitrogen and oxygen atoms in total. The maximum Gasteiger partial charge on any atom is 0.407 e. The zero-order valence-electron chi connectivity index (χ0n) is 23.1. The number of nitrogens with one attached hydrogen (secondary N) is 2. The molecule has 4 bridgehead atoms. The van der Waals surface area contributed by atoms with Crippen molar-refractivity contribution in [1.29, 1.82) is 0 Å². The molecule has 2 atom stereocenters. The number of amides is 3. The third kappa shape index (κ3) is 7.54. The number of halogens is 1. The Labute approximate surface area is 232 Å². The van der Waals surface area contributed by atoms with Gasteiger partial charge in [0.15, 0.2) is 0 Å². The van der Waals surface area contributed by atoms with Gasteiger partial charge in [-0.25, -0.2) is 9.59 Å². The SMILES string of the molecule is CNC[C@H](CC12CC3CC(CC(C3)C1)C2)NC(=O)N(C)CC[C@@H](OCCN(C)C(=O)O)c1cccc(Cl)c1. The fourth-order valence-corrected chi connectivity index (χ4v) is 7.86. The Balaban J connectivity index is 1.32. The van der Waals surface area contributed by atoms with Gasteiger partial charge in [-0.1, -0.05) is 23.7 Å². The van der Waals surface area contributed by atoms with E-state index in [1.807, 2.05) is 38.4 Å².